The lowest BCUT2D eigenvalue weighted by atomic mass is 9.91. The van der Waals surface area contributed by atoms with Gasteiger partial charge in [-0.2, -0.15) is 0 Å². The number of hydrogen-bond donors (Lipinski definition) is 1. The van der Waals surface area contributed by atoms with Crippen LogP contribution in [0.4, 0.5) is 0 Å². The summed E-state index contributed by atoms with van der Waals surface area (Å²) in [6.07, 6.45) is 5.52. The van der Waals surface area contributed by atoms with Gasteiger partial charge in [0.15, 0.2) is 0 Å². The van der Waals surface area contributed by atoms with Gasteiger partial charge in [0.2, 0.25) is 0 Å². The maximum atomic E-state index is 5.91. The van der Waals surface area contributed by atoms with Crippen LogP contribution in [0.15, 0.2) is 0 Å². The van der Waals surface area contributed by atoms with E-state index in [-0.39, 0.29) is 0 Å². The van der Waals surface area contributed by atoms with Crippen LogP contribution in [0.1, 0.15) is 32.6 Å². The predicted molar refractivity (Wildman–Crippen MR) is 68.5 cm³/mol. The van der Waals surface area contributed by atoms with Gasteiger partial charge in [-0.15, -0.1) is 0 Å². The Hall–Kier alpha value is -0.120. The van der Waals surface area contributed by atoms with E-state index in [1.165, 1.54) is 58.4 Å². The summed E-state index contributed by atoms with van der Waals surface area (Å²) in [5.74, 6) is 0.789. The second kappa shape index (κ2) is 5.99. The van der Waals surface area contributed by atoms with Crippen LogP contribution in [0, 0.1) is 5.92 Å². The quantitative estimate of drug-likeness (QED) is 0.779. The second-order valence-electron chi connectivity index (χ2n) is 5.51. The van der Waals surface area contributed by atoms with Crippen LogP contribution in [-0.2, 0) is 0 Å². The molecule has 0 aromatic rings. The molecule has 0 bridgehead atoms. The molecule has 2 unspecified atom stereocenters. The first kappa shape index (κ1) is 12.3. The fourth-order valence-electron chi connectivity index (χ4n) is 3.27. The smallest absolute Gasteiger partial charge is 0.0244 e. The van der Waals surface area contributed by atoms with Gasteiger partial charge < -0.3 is 10.6 Å². The van der Waals surface area contributed by atoms with E-state index in [0.29, 0.717) is 6.04 Å². The topological polar surface area (TPSA) is 32.5 Å². The molecule has 0 aliphatic carbocycles. The van der Waals surface area contributed by atoms with Crippen LogP contribution >= 0.6 is 0 Å². The first-order chi connectivity index (χ1) is 7.81. The van der Waals surface area contributed by atoms with Gasteiger partial charge in [0.1, 0.15) is 0 Å². The van der Waals surface area contributed by atoms with Gasteiger partial charge in [-0.3, -0.25) is 4.90 Å². The van der Waals surface area contributed by atoms with Crippen molar-refractivity contribution in [3.63, 3.8) is 0 Å². The number of rotatable bonds is 4. The lowest BCUT2D eigenvalue weighted by Gasteiger charge is -2.40. The highest BCUT2D eigenvalue weighted by Gasteiger charge is 2.27. The molecule has 3 nitrogen and oxygen atoms in total. The Morgan fingerprint density at radius 3 is 2.50 bits per heavy atom. The fourth-order valence-corrected chi connectivity index (χ4v) is 3.27. The van der Waals surface area contributed by atoms with Crippen molar-refractivity contribution in [3.05, 3.63) is 0 Å². The summed E-state index contributed by atoms with van der Waals surface area (Å²) in [6.45, 7) is 9.57. The first-order valence-electron chi connectivity index (χ1n) is 6.97. The van der Waals surface area contributed by atoms with Crippen LogP contribution in [0.3, 0.4) is 0 Å². The number of hydrogen-bond acceptors (Lipinski definition) is 3. The Morgan fingerprint density at radius 2 is 1.81 bits per heavy atom. The molecule has 2 fully saturated rings. The van der Waals surface area contributed by atoms with Gasteiger partial charge in [-0.05, 0) is 51.2 Å². The van der Waals surface area contributed by atoms with E-state index in [9.17, 15) is 0 Å². The number of nitrogens with zero attached hydrogens (tertiary/aromatic N) is 2. The molecule has 94 valence electrons. The third kappa shape index (κ3) is 2.96. The molecule has 0 spiro atoms. The average Bonchev–Trinajstić information content (AvgIpc) is 2.79. The van der Waals surface area contributed by atoms with Crippen molar-refractivity contribution >= 4 is 0 Å². The van der Waals surface area contributed by atoms with E-state index in [0.717, 1.165) is 12.5 Å². The molecular formula is C13H27N3. The molecule has 2 N–H and O–H groups in total. The maximum Gasteiger partial charge on any atom is 0.0244 e. The summed E-state index contributed by atoms with van der Waals surface area (Å²) in [4.78, 5) is 5.24. The molecule has 0 amide bonds. The van der Waals surface area contributed by atoms with E-state index in [1.54, 1.807) is 0 Å². The number of piperidine rings is 1. The van der Waals surface area contributed by atoms with E-state index in [2.05, 4.69) is 16.7 Å². The Balaban J connectivity index is 1.77. The van der Waals surface area contributed by atoms with Crippen molar-refractivity contribution in [3.8, 4) is 0 Å². The Kier molecular flexibility index (Phi) is 4.62. The Labute approximate surface area is 100.0 Å². The minimum absolute atomic E-state index is 0.636. The summed E-state index contributed by atoms with van der Waals surface area (Å²) < 4.78 is 0. The van der Waals surface area contributed by atoms with Crippen molar-refractivity contribution in [2.45, 2.75) is 38.6 Å². The Bertz CT molecular complexity index is 201. The lowest BCUT2D eigenvalue weighted by molar-refractivity contribution is 0.0954. The molecule has 0 aromatic heterocycles. The first-order valence-corrected chi connectivity index (χ1v) is 6.97. The number of nitrogens with two attached hydrogens (primary N) is 1. The highest BCUT2D eigenvalue weighted by molar-refractivity contribution is 4.83. The van der Waals surface area contributed by atoms with Gasteiger partial charge in [0, 0.05) is 25.7 Å². The predicted octanol–water partition coefficient (Wildman–Crippen LogP) is 1.14. The van der Waals surface area contributed by atoms with E-state index < -0.39 is 0 Å². The van der Waals surface area contributed by atoms with Gasteiger partial charge in [-0.25, -0.2) is 0 Å². The monoisotopic (exact) mass is 225 g/mol. The second-order valence-corrected chi connectivity index (χ2v) is 5.51. The zero-order valence-corrected chi connectivity index (χ0v) is 10.7. The zero-order chi connectivity index (χ0) is 11.4. The van der Waals surface area contributed by atoms with E-state index in [1.807, 2.05) is 0 Å². The van der Waals surface area contributed by atoms with Crippen LogP contribution in [0.25, 0.3) is 0 Å². The standard InChI is InChI=1S/C13H27N3/c1-12-5-4-8-16(13(12)11-14)10-9-15-6-2-3-7-15/h12-13H,2-11,14H2,1H3. The van der Waals surface area contributed by atoms with E-state index >= 15 is 0 Å². The largest absolute Gasteiger partial charge is 0.329 e. The van der Waals surface area contributed by atoms with E-state index in [4.69, 9.17) is 5.73 Å². The van der Waals surface area contributed by atoms with Gasteiger partial charge >= 0.3 is 0 Å². The molecule has 0 aromatic carbocycles. The van der Waals surface area contributed by atoms with Crippen LogP contribution in [0.2, 0.25) is 0 Å². The molecular weight excluding hydrogens is 198 g/mol. The zero-order valence-electron chi connectivity index (χ0n) is 10.7. The maximum absolute atomic E-state index is 5.91. The number of likely N-dealkylation sites (tertiary alicyclic amines) is 2. The fraction of sp³-hybridized carbons (Fsp3) is 1.00. The van der Waals surface area contributed by atoms with Gasteiger partial charge in [0.05, 0.1) is 0 Å². The highest BCUT2D eigenvalue weighted by Crippen LogP contribution is 2.22. The highest BCUT2D eigenvalue weighted by atomic mass is 15.2. The van der Waals surface area contributed by atoms with Crippen molar-refractivity contribution < 1.29 is 0 Å². The summed E-state index contributed by atoms with van der Waals surface area (Å²) >= 11 is 0. The minimum Gasteiger partial charge on any atom is -0.329 e. The molecule has 2 aliphatic rings. The average molecular weight is 225 g/mol. The van der Waals surface area contributed by atoms with Crippen molar-refractivity contribution in [2.75, 3.05) is 39.3 Å². The summed E-state index contributed by atoms with van der Waals surface area (Å²) in [5.41, 5.74) is 5.91. The molecule has 2 atom stereocenters. The van der Waals surface area contributed by atoms with Crippen LogP contribution < -0.4 is 5.73 Å². The van der Waals surface area contributed by atoms with Gasteiger partial charge in [-0.1, -0.05) is 6.92 Å². The van der Waals surface area contributed by atoms with Crippen LogP contribution in [-0.4, -0.2) is 55.1 Å². The molecule has 2 heterocycles. The SMILES string of the molecule is CC1CCCN(CCN2CCCC2)C1CN. The molecule has 2 aliphatic heterocycles. The van der Waals surface area contributed by atoms with Gasteiger partial charge in [0.25, 0.3) is 0 Å². The third-order valence-electron chi connectivity index (χ3n) is 4.37. The molecule has 2 rings (SSSR count). The van der Waals surface area contributed by atoms with Crippen molar-refractivity contribution in [1.82, 2.24) is 9.80 Å². The molecule has 0 saturated carbocycles. The van der Waals surface area contributed by atoms with Crippen molar-refractivity contribution in [2.24, 2.45) is 11.7 Å². The summed E-state index contributed by atoms with van der Waals surface area (Å²) in [6, 6.07) is 0.636. The third-order valence-corrected chi connectivity index (χ3v) is 4.37. The molecule has 16 heavy (non-hydrogen) atoms. The normalized spacial score (nSPS) is 33.4. The van der Waals surface area contributed by atoms with Crippen LogP contribution in [0.5, 0.6) is 0 Å². The summed E-state index contributed by atoms with van der Waals surface area (Å²) in [7, 11) is 0. The lowest BCUT2D eigenvalue weighted by Crippen LogP contribution is -2.50. The molecule has 0 radical (unpaired) electrons. The molecule has 2 saturated heterocycles. The summed E-state index contributed by atoms with van der Waals surface area (Å²) in [5, 5.41) is 0. The van der Waals surface area contributed by atoms with Crippen molar-refractivity contribution in [1.29, 1.82) is 0 Å². The molecule has 3 heteroatoms. The Morgan fingerprint density at radius 1 is 1.06 bits per heavy atom. The minimum atomic E-state index is 0.636.